The SMILES string of the molecule is Cc1ccc(S(=O)(=O)N(C)C)cc1-c1c(C)n(CC(F)=CCN)c2c(F)cc(Cl)cc12. The minimum atomic E-state index is -3.68. The summed E-state index contributed by atoms with van der Waals surface area (Å²) < 4.78 is 57.3. The van der Waals surface area contributed by atoms with Crippen LogP contribution in [0.2, 0.25) is 5.02 Å². The number of nitrogens with zero attached hydrogens (tertiary/aromatic N) is 2. The first-order chi connectivity index (χ1) is 14.5. The summed E-state index contributed by atoms with van der Waals surface area (Å²) >= 11 is 6.13. The zero-order valence-electron chi connectivity index (χ0n) is 17.7. The first-order valence-electron chi connectivity index (χ1n) is 9.55. The standard InChI is InChI=1S/C22H24ClF2N3O2S/c1-13-5-6-17(31(29,30)27(3)4)11-18(13)21-14(2)28(12-16(24)7-8-26)22-19(21)9-15(23)10-20(22)25/h5-7,9-11H,8,12,26H2,1-4H3. The predicted octanol–water partition coefficient (Wildman–Crippen LogP) is 4.78. The Morgan fingerprint density at radius 2 is 1.90 bits per heavy atom. The van der Waals surface area contributed by atoms with Crippen molar-refractivity contribution in [2.75, 3.05) is 20.6 Å². The Morgan fingerprint density at radius 3 is 2.52 bits per heavy atom. The molecule has 0 radical (unpaired) electrons. The van der Waals surface area contributed by atoms with Gasteiger partial charge in [0.2, 0.25) is 10.0 Å². The van der Waals surface area contributed by atoms with Crippen LogP contribution in [0.4, 0.5) is 8.78 Å². The smallest absolute Gasteiger partial charge is 0.242 e. The molecule has 0 aliphatic rings. The van der Waals surface area contributed by atoms with Crippen LogP contribution >= 0.6 is 11.6 Å². The lowest BCUT2D eigenvalue weighted by atomic mass is 9.98. The lowest BCUT2D eigenvalue weighted by Crippen LogP contribution is -2.22. The Bertz CT molecular complexity index is 1300. The highest BCUT2D eigenvalue weighted by Gasteiger charge is 2.24. The number of hydrogen-bond acceptors (Lipinski definition) is 3. The molecule has 0 atom stereocenters. The summed E-state index contributed by atoms with van der Waals surface area (Å²) in [5.74, 6) is -1.09. The Hall–Kier alpha value is -2.26. The molecule has 0 amide bonds. The van der Waals surface area contributed by atoms with Gasteiger partial charge >= 0.3 is 0 Å². The number of halogens is 3. The van der Waals surface area contributed by atoms with Gasteiger partial charge < -0.3 is 10.3 Å². The molecule has 2 N–H and O–H groups in total. The maximum absolute atomic E-state index is 15.0. The van der Waals surface area contributed by atoms with E-state index in [-0.39, 0.29) is 28.5 Å². The van der Waals surface area contributed by atoms with Gasteiger partial charge in [-0.25, -0.2) is 21.5 Å². The fraction of sp³-hybridized carbons (Fsp3) is 0.273. The van der Waals surface area contributed by atoms with Gasteiger partial charge in [-0.2, -0.15) is 0 Å². The molecule has 9 heteroatoms. The lowest BCUT2D eigenvalue weighted by Gasteiger charge is -2.14. The number of nitrogens with two attached hydrogens (primary N) is 1. The van der Waals surface area contributed by atoms with Crippen molar-refractivity contribution in [3.05, 3.63) is 64.3 Å². The molecule has 2 aromatic carbocycles. The van der Waals surface area contributed by atoms with E-state index in [0.29, 0.717) is 22.2 Å². The lowest BCUT2D eigenvalue weighted by molar-refractivity contribution is 0.521. The molecule has 1 heterocycles. The van der Waals surface area contributed by atoms with Crippen LogP contribution in [0.1, 0.15) is 11.3 Å². The van der Waals surface area contributed by atoms with Crippen molar-refractivity contribution in [1.29, 1.82) is 0 Å². The quantitative estimate of drug-likeness (QED) is 0.567. The summed E-state index contributed by atoms with van der Waals surface area (Å²) in [4.78, 5) is 0.107. The first-order valence-corrected chi connectivity index (χ1v) is 11.4. The van der Waals surface area contributed by atoms with Crippen molar-refractivity contribution in [1.82, 2.24) is 8.87 Å². The number of aryl methyl sites for hydroxylation is 1. The molecule has 0 saturated heterocycles. The van der Waals surface area contributed by atoms with Crippen LogP contribution in [0.15, 0.2) is 47.1 Å². The maximum atomic E-state index is 15.0. The third-order valence-corrected chi connectivity index (χ3v) is 7.27. The second-order valence-corrected chi connectivity index (χ2v) is 10.1. The molecule has 0 aliphatic carbocycles. The zero-order valence-corrected chi connectivity index (χ0v) is 19.3. The Labute approximate surface area is 185 Å². The van der Waals surface area contributed by atoms with E-state index in [1.165, 1.54) is 36.9 Å². The number of fused-ring (bicyclic) bond motifs is 1. The summed E-state index contributed by atoms with van der Waals surface area (Å²) in [6.07, 6.45) is 1.23. The molecule has 0 bridgehead atoms. The minimum absolute atomic E-state index is 0.0226. The Kier molecular flexibility index (Phi) is 6.57. The van der Waals surface area contributed by atoms with E-state index in [4.69, 9.17) is 17.3 Å². The van der Waals surface area contributed by atoms with Gasteiger partial charge in [-0.15, -0.1) is 0 Å². The average Bonchev–Trinajstić information content (AvgIpc) is 2.93. The van der Waals surface area contributed by atoms with E-state index >= 15 is 0 Å². The summed E-state index contributed by atoms with van der Waals surface area (Å²) in [5.41, 5.74) is 8.18. The monoisotopic (exact) mass is 467 g/mol. The second-order valence-electron chi connectivity index (χ2n) is 7.48. The molecular formula is C22H24ClF2N3O2S. The van der Waals surface area contributed by atoms with Gasteiger partial charge in [0.15, 0.2) is 0 Å². The van der Waals surface area contributed by atoms with Gasteiger partial charge in [0.05, 0.1) is 17.0 Å². The van der Waals surface area contributed by atoms with Gasteiger partial charge in [-0.3, -0.25) is 0 Å². The van der Waals surface area contributed by atoms with Crippen molar-refractivity contribution in [3.8, 4) is 11.1 Å². The molecular weight excluding hydrogens is 444 g/mol. The summed E-state index contributed by atoms with van der Waals surface area (Å²) in [7, 11) is -0.779. The van der Waals surface area contributed by atoms with Crippen LogP contribution in [0.3, 0.4) is 0 Å². The fourth-order valence-electron chi connectivity index (χ4n) is 3.65. The van der Waals surface area contributed by atoms with E-state index in [2.05, 4.69) is 0 Å². The van der Waals surface area contributed by atoms with Crippen LogP contribution in [0.25, 0.3) is 22.0 Å². The summed E-state index contributed by atoms with van der Waals surface area (Å²) in [6.45, 7) is 3.40. The highest BCUT2D eigenvalue weighted by molar-refractivity contribution is 7.89. The van der Waals surface area contributed by atoms with Crippen LogP contribution in [-0.4, -0.2) is 37.9 Å². The summed E-state index contributed by atoms with van der Waals surface area (Å²) in [5, 5.41) is 0.668. The molecule has 0 aliphatic heterocycles. The normalized spacial score (nSPS) is 12.9. The third-order valence-electron chi connectivity index (χ3n) is 5.24. The molecule has 1 aromatic heterocycles. The van der Waals surface area contributed by atoms with Crippen molar-refractivity contribution in [3.63, 3.8) is 0 Å². The van der Waals surface area contributed by atoms with Gasteiger partial charge in [0.1, 0.15) is 11.6 Å². The second kappa shape index (κ2) is 8.70. The van der Waals surface area contributed by atoms with E-state index in [0.717, 1.165) is 9.87 Å². The highest BCUT2D eigenvalue weighted by atomic mass is 35.5. The molecule has 0 spiro atoms. The van der Waals surface area contributed by atoms with Crippen molar-refractivity contribution in [2.24, 2.45) is 5.73 Å². The number of sulfonamides is 1. The van der Waals surface area contributed by atoms with Gasteiger partial charge in [0, 0.05) is 42.3 Å². The number of rotatable bonds is 6. The number of allylic oxidation sites excluding steroid dienone is 1. The van der Waals surface area contributed by atoms with E-state index in [1.807, 2.05) is 6.92 Å². The first kappa shape index (κ1) is 23.4. The highest BCUT2D eigenvalue weighted by Crippen LogP contribution is 2.40. The summed E-state index contributed by atoms with van der Waals surface area (Å²) in [6, 6.07) is 7.57. The molecule has 3 rings (SSSR count). The van der Waals surface area contributed by atoms with Gasteiger partial charge in [-0.1, -0.05) is 17.7 Å². The van der Waals surface area contributed by atoms with Crippen LogP contribution in [-0.2, 0) is 16.6 Å². The van der Waals surface area contributed by atoms with Crippen LogP contribution in [0, 0.1) is 19.7 Å². The van der Waals surface area contributed by atoms with E-state index in [9.17, 15) is 17.2 Å². The van der Waals surface area contributed by atoms with Crippen molar-refractivity contribution < 1.29 is 17.2 Å². The van der Waals surface area contributed by atoms with Crippen LogP contribution in [0.5, 0.6) is 0 Å². The molecule has 0 saturated carbocycles. The number of hydrogen-bond donors (Lipinski definition) is 1. The topological polar surface area (TPSA) is 68.3 Å². The number of aromatic nitrogens is 1. The number of benzene rings is 2. The zero-order chi connectivity index (χ0) is 23.1. The van der Waals surface area contributed by atoms with Gasteiger partial charge in [-0.05, 0) is 55.3 Å². The van der Waals surface area contributed by atoms with Crippen LogP contribution < -0.4 is 5.73 Å². The minimum Gasteiger partial charge on any atom is -0.335 e. The molecule has 3 aromatic rings. The molecule has 0 fully saturated rings. The van der Waals surface area contributed by atoms with Crippen molar-refractivity contribution >= 4 is 32.5 Å². The maximum Gasteiger partial charge on any atom is 0.242 e. The fourth-order valence-corrected chi connectivity index (χ4v) is 4.78. The Morgan fingerprint density at radius 1 is 1.23 bits per heavy atom. The molecule has 166 valence electrons. The van der Waals surface area contributed by atoms with Gasteiger partial charge in [0.25, 0.3) is 0 Å². The molecule has 0 unspecified atom stereocenters. The Balaban J connectivity index is 2.39. The third kappa shape index (κ3) is 4.25. The van der Waals surface area contributed by atoms with E-state index < -0.39 is 21.7 Å². The predicted molar refractivity (Wildman–Crippen MR) is 121 cm³/mol. The molecule has 31 heavy (non-hydrogen) atoms. The average molecular weight is 468 g/mol. The van der Waals surface area contributed by atoms with Crippen molar-refractivity contribution in [2.45, 2.75) is 25.3 Å². The molecule has 5 nitrogen and oxygen atoms in total. The largest absolute Gasteiger partial charge is 0.335 e. The van der Waals surface area contributed by atoms with E-state index in [1.54, 1.807) is 25.1 Å².